The Morgan fingerprint density at radius 2 is 1.12 bits per heavy atom. The second kappa shape index (κ2) is 28.8. The second-order valence-electron chi connectivity index (χ2n) is 17.0. The zero-order valence-corrected chi connectivity index (χ0v) is 39.7. The minimum absolute atomic E-state index is 0.0195. The number of likely N-dealkylation sites (tertiary alicyclic amines) is 1. The van der Waals surface area contributed by atoms with Gasteiger partial charge in [0.1, 0.15) is 36.3 Å². The molecule has 23 nitrogen and oxygen atoms in total. The minimum Gasteiger partial charge on any atom is -0.370 e. The molecular weight excluding hydrogens is 891 g/mol. The van der Waals surface area contributed by atoms with Gasteiger partial charge < -0.3 is 71.2 Å². The smallest absolute Gasteiger partial charge is 0.243 e. The molecule has 1 saturated heterocycles. The Hall–Kier alpha value is -7.30. The van der Waals surface area contributed by atoms with Gasteiger partial charge in [0.25, 0.3) is 0 Å². The zero-order chi connectivity index (χ0) is 51.0. The average molecular weight is 962 g/mol. The normalized spacial score (nSPS) is 16.1. The third-order valence-electron chi connectivity index (χ3n) is 11.5. The van der Waals surface area contributed by atoms with Gasteiger partial charge in [-0.25, -0.2) is 0 Å². The van der Waals surface area contributed by atoms with Crippen molar-refractivity contribution in [3.8, 4) is 0 Å². The van der Waals surface area contributed by atoms with Gasteiger partial charge in [0.2, 0.25) is 47.3 Å². The first kappa shape index (κ1) is 56.0. The predicted octanol–water partition coefficient (Wildman–Crippen LogP) is -3.01. The number of nitrogens with zero attached hydrogens (tertiary/aromatic N) is 3. The molecule has 1 fully saturated rings. The Labute approximate surface area is 402 Å². The van der Waals surface area contributed by atoms with Crippen molar-refractivity contribution in [2.45, 2.75) is 121 Å². The highest BCUT2D eigenvalue weighted by Crippen LogP contribution is 2.19. The van der Waals surface area contributed by atoms with E-state index in [4.69, 9.17) is 34.4 Å². The molecule has 0 aromatic heterocycles. The number of primary amides is 1. The van der Waals surface area contributed by atoms with Gasteiger partial charge in [0.15, 0.2) is 11.9 Å². The summed E-state index contributed by atoms with van der Waals surface area (Å²) in [5.41, 5.74) is 34.7. The molecule has 0 spiro atoms. The van der Waals surface area contributed by atoms with Crippen LogP contribution in [0.4, 0.5) is 0 Å². The van der Waals surface area contributed by atoms with Crippen LogP contribution in [0.2, 0.25) is 0 Å². The van der Waals surface area contributed by atoms with Crippen molar-refractivity contribution >= 4 is 59.2 Å². The Balaban J connectivity index is 1.90. The maximum Gasteiger partial charge on any atom is 0.243 e. The largest absolute Gasteiger partial charge is 0.370 e. The highest BCUT2D eigenvalue weighted by atomic mass is 16.2. The SMILES string of the molecule is CC[C@H](C)[C@H](NC(=O)[C@H](Cc1ccccc1)NC(=O)[C@H](CCCN=C(N)N)NC(=O)[C@@H]1CCCN1C(=O)CNC(=O)[C@H](C)N)C(=O)N[C@@H](CCCN=C(N)N)C(=O)N[C@@H](Cc1ccccc1)C(N)=O. The molecule has 0 aliphatic carbocycles. The highest BCUT2D eigenvalue weighted by molar-refractivity contribution is 5.97. The number of amides is 8. The van der Waals surface area contributed by atoms with E-state index in [2.05, 4.69) is 41.9 Å². The van der Waals surface area contributed by atoms with Gasteiger partial charge in [0.05, 0.1) is 12.6 Å². The lowest BCUT2D eigenvalue weighted by atomic mass is 9.96. The molecule has 0 radical (unpaired) electrons. The van der Waals surface area contributed by atoms with Crippen molar-refractivity contribution in [3.63, 3.8) is 0 Å². The van der Waals surface area contributed by atoms with Crippen molar-refractivity contribution in [2.75, 3.05) is 26.2 Å². The predicted molar refractivity (Wildman–Crippen MR) is 260 cm³/mol. The molecule has 0 saturated carbocycles. The van der Waals surface area contributed by atoms with Crippen LogP contribution in [-0.2, 0) is 51.2 Å². The average Bonchev–Trinajstić information content (AvgIpc) is 3.82. The summed E-state index contributed by atoms with van der Waals surface area (Å²) in [7, 11) is 0. The summed E-state index contributed by atoms with van der Waals surface area (Å²) in [6, 6.07) is 9.78. The number of benzene rings is 2. The van der Waals surface area contributed by atoms with Crippen LogP contribution in [0.15, 0.2) is 70.6 Å². The third-order valence-corrected chi connectivity index (χ3v) is 11.5. The molecule has 23 heteroatoms. The summed E-state index contributed by atoms with van der Waals surface area (Å²) >= 11 is 0. The fourth-order valence-corrected chi connectivity index (χ4v) is 7.47. The van der Waals surface area contributed by atoms with E-state index in [1.165, 1.54) is 11.8 Å². The third kappa shape index (κ3) is 19.4. The number of hydrogen-bond donors (Lipinski definition) is 12. The molecule has 2 aromatic carbocycles. The van der Waals surface area contributed by atoms with Gasteiger partial charge in [-0.2, -0.15) is 0 Å². The lowest BCUT2D eigenvalue weighted by Crippen LogP contribution is -2.61. The Morgan fingerprint density at radius 3 is 1.61 bits per heavy atom. The van der Waals surface area contributed by atoms with Crippen LogP contribution in [0.25, 0.3) is 0 Å². The Morgan fingerprint density at radius 1 is 0.638 bits per heavy atom. The molecule has 8 atom stereocenters. The lowest BCUT2D eigenvalue weighted by Gasteiger charge is -2.30. The number of carbonyl (C=O) groups is 8. The van der Waals surface area contributed by atoms with E-state index in [9.17, 15) is 38.4 Å². The molecule has 1 aliphatic heterocycles. The number of rotatable bonds is 28. The molecule has 18 N–H and O–H groups in total. The molecule has 2 aromatic rings. The summed E-state index contributed by atoms with van der Waals surface area (Å²) in [5.74, 6) is -6.23. The van der Waals surface area contributed by atoms with Crippen molar-refractivity contribution in [1.29, 1.82) is 0 Å². The van der Waals surface area contributed by atoms with E-state index in [-0.39, 0.29) is 83.0 Å². The monoisotopic (exact) mass is 962 g/mol. The molecule has 0 unspecified atom stereocenters. The summed E-state index contributed by atoms with van der Waals surface area (Å²) in [5, 5.41) is 16.2. The quantitative estimate of drug-likeness (QED) is 0.0230. The van der Waals surface area contributed by atoms with Crippen molar-refractivity contribution < 1.29 is 38.4 Å². The van der Waals surface area contributed by atoms with Crippen molar-refractivity contribution in [1.82, 2.24) is 36.8 Å². The van der Waals surface area contributed by atoms with Gasteiger partial charge in [0, 0.05) is 32.5 Å². The number of hydrogen-bond acceptors (Lipinski definition) is 11. The van der Waals surface area contributed by atoms with E-state index >= 15 is 0 Å². The van der Waals surface area contributed by atoms with Crippen molar-refractivity contribution in [2.24, 2.45) is 50.3 Å². The first-order valence-corrected chi connectivity index (χ1v) is 23.1. The molecule has 378 valence electrons. The summed E-state index contributed by atoms with van der Waals surface area (Å²) in [6.45, 7) is 5.11. The molecule has 1 aliphatic rings. The number of aliphatic imine (C=N–C) groups is 2. The highest BCUT2D eigenvalue weighted by Gasteiger charge is 2.38. The second-order valence-corrected chi connectivity index (χ2v) is 17.0. The summed E-state index contributed by atoms with van der Waals surface area (Å²) < 4.78 is 0. The van der Waals surface area contributed by atoms with Crippen LogP contribution in [0, 0.1) is 5.92 Å². The van der Waals surface area contributed by atoms with E-state index < -0.39 is 95.5 Å². The van der Waals surface area contributed by atoms with Gasteiger partial charge in [-0.15, -0.1) is 0 Å². The van der Waals surface area contributed by atoms with Gasteiger partial charge >= 0.3 is 0 Å². The molecule has 3 rings (SSSR count). The number of nitrogens with two attached hydrogens (primary N) is 6. The molecular formula is C46H71N15O8. The molecule has 0 bridgehead atoms. The van der Waals surface area contributed by atoms with Crippen LogP contribution in [0.1, 0.15) is 76.8 Å². The van der Waals surface area contributed by atoms with Gasteiger partial charge in [-0.1, -0.05) is 80.9 Å². The van der Waals surface area contributed by atoms with Crippen LogP contribution < -0.4 is 66.3 Å². The maximum absolute atomic E-state index is 14.5. The number of nitrogens with one attached hydrogen (secondary N) is 6. The van der Waals surface area contributed by atoms with Crippen LogP contribution >= 0.6 is 0 Å². The van der Waals surface area contributed by atoms with Gasteiger partial charge in [-0.05, 0) is 62.5 Å². The molecule has 1 heterocycles. The maximum atomic E-state index is 14.5. The first-order valence-electron chi connectivity index (χ1n) is 23.1. The van der Waals surface area contributed by atoms with Crippen LogP contribution in [0.5, 0.6) is 0 Å². The molecule has 69 heavy (non-hydrogen) atoms. The molecule has 8 amide bonds. The van der Waals surface area contributed by atoms with Crippen LogP contribution in [-0.4, -0.2) is 133 Å². The summed E-state index contributed by atoms with van der Waals surface area (Å²) in [6.07, 6.45) is 1.76. The standard InChI is InChI=1S/C46H71N15O8/c1-4-27(2)37(44(69)57-32(19-12-22-54-46(51)52)40(65)58-33(38(48)63)24-29-14-7-5-8-15-29)60-42(67)34(25-30-16-9-6-10-17-30)59-41(66)31(18-11-21-53-45(49)50)56-43(68)35-20-13-23-61(35)36(62)26-55-39(64)28(3)47/h5-10,14-17,27-28,31-35,37H,4,11-13,18-26,47H2,1-3H3,(H2,48,63)(H,55,64)(H,56,68)(H,57,69)(H,58,65)(H,59,66)(H,60,67)(H4,49,50,53)(H4,51,52,54)/t27-,28-,31-,32-,33-,34-,35-,37-/m0/s1. The minimum atomic E-state index is -1.30. The number of carbonyl (C=O) groups excluding carboxylic acids is 8. The number of guanidine groups is 2. The van der Waals surface area contributed by atoms with E-state index in [0.717, 1.165) is 5.56 Å². The van der Waals surface area contributed by atoms with Crippen molar-refractivity contribution in [3.05, 3.63) is 71.8 Å². The van der Waals surface area contributed by atoms with Crippen LogP contribution in [0.3, 0.4) is 0 Å². The first-order chi connectivity index (χ1) is 32.8. The lowest BCUT2D eigenvalue weighted by molar-refractivity contribution is -0.140. The fourth-order valence-electron chi connectivity index (χ4n) is 7.47. The Kier molecular flexibility index (Phi) is 23.4. The topological polar surface area (TPSA) is 393 Å². The van der Waals surface area contributed by atoms with E-state index in [0.29, 0.717) is 18.4 Å². The summed E-state index contributed by atoms with van der Waals surface area (Å²) in [4.78, 5) is 118. The van der Waals surface area contributed by atoms with E-state index in [1.807, 2.05) is 6.92 Å². The fraction of sp³-hybridized carbons (Fsp3) is 0.522. The van der Waals surface area contributed by atoms with Gasteiger partial charge in [-0.3, -0.25) is 48.3 Å². The zero-order valence-electron chi connectivity index (χ0n) is 39.7. The van der Waals surface area contributed by atoms with E-state index in [1.54, 1.807) is 67.6 Å². The Bertz CT molecular complexity index is 2100.